The molecule has 45 heavy (non-hydrogen) atoms. The molecule has 238 valence electrons. The summed E-state index contributed by atoms with van der Waals surface area (Å²) in [6.45, 7) is 1.19. The van der Waals surface area contributed by atoms with E-state index in [9.17, 15) is 19.2 Å². The van der Waals surface area contributed by atoms with E-state index in [1.54, 1.807) is 54.4 Å². The molecule has 4 rings (SSSR count). The first-order valence-electron chi connectivity index (χ1n) is 15.4. The first kappa shape index (κ1) is 33.5. The maximum absolute atomic E-state index is 13.5. The van der Waals surface area contributed by atoms with E-state index in [4.69, 9.17) is 16.3 Å². The molecule has 1 aliphatic heterocycles. The molecule has 4 amide bonds. The molecule has 0 spiro atoms. The molecule has 9 nitrogen and oxygen atoms in total. The Bertz CT molecular complexity index is 1450. The van der Waals surface area contributed by atoms with E-state index in [2.05, 4.69) is 16.0 Å². The first-order valence-corrected chi connectivity index (χ1v) is 15.8. The molecular formula is C35H41ClN4O5. The van der Waals surface area contributed by atoms with Gasteiger partial charge in [0.25, 0.3) is 5.91 Å². The fourth-order valence-electron chi connectivity index (χ4n) is 5.20. The van der Waals surface area contributed by atoms with Crippen LogP contribution in [0.4, 0.5) is 0 Å². The van der Waals surface area contributed by atoms with Crippen LogP contribution < -0.4 is 20.7 Å². The van der Waals surface area contributed by atoms with Gasteiger partial charge in [-0.2, -0.15) is 0 Å². The topological polar surface area (TPSA) is 117 Å². The SMILES string of the molecule is CN1CCCCCCOc2ccccc2C(=O)N[C@H](C(=O)NCc2cccc(Cl)c2)CCC(=O)N[C@@H](Cc2ccccc2)C1=O. The summed E-state index contributed by atoms with van der Waals surface area (Å²) in [7, 11) is 1.75. The van der Waals surface area contributed by atoms with Crippen LogP contribution in [0, 0.1) is 0 Å². The molecule has 0 saturated carbocycles. The zero-order valence-corrected chi connectivity index (χ0v) is 26.4. The maximum atomic E-state index is 13.5. The standard InChI is InChI=1S/C35H41ClN4O5/c1-40-20-9-2-3-10-21-45-31-17-8-7-16-28(31)33(42)39-29(34(43)37-24-26-14-11-15-27(36)22-26)18-19-32(41)38-30(35(40)44)23-25-12-5-4-6-13-25/h4-8,11-17,22,29-30H,2-3,9-10,18-21,23-24H2,1H3,(H,37,43)(H,38,41)(H,39,42)/t29-,30-/m0/s1. The van der Waals surface area contributed by atoms with E-state index in [0.717, 1.165) is 36.8 Å². The van der Waals surface area contributed by atoms with Crippen LogP contribution in [0.1, 0.15) is 60.0 Å². The van der Waals surface area contributed by atoms with Gasteiger partial charge < -0.3 is 25.6 Å². The van der Waals surface area contributed by atoms with Crippen molar-refractivity contribution in [3.63, 3.8) is 0 Å². The van der Waals surface area contributed by atoms with E-state index in [1.165, 1.54) is 0 Å². The fraction of sp³-hybridized carbons (Fsp3) is 0.371. The third-order valence-corrected chi connectivity index (χ3v) is 7.94. The average molecular weight is 633 g/mol. The summed E-state index contributed by atoms with van der Waals surface area (Å²) in [6.07, 6.45) is 3.68. The van der Waals surface area contributed by atoms with Crippen LogP contribution in [-0.2, 0) is 27.3 Å². The number of halogens is 1. The molecule has 10 heteroatoms. The second kappa shape index (κ2) is 17.2. The minimum atomic E-state index is -1.02. The highest BCUT2D eigenvalue weighted by Gasteiger charge is 2.27. The van der Waals surface area contributed by atoms with E-state index < -0.39 is 23.9 Å². The molecule has 0 bridgehead atoms. The Kier molecular flexibility index (Phi) is 12.8. The lowest BCUT2D eigenvalue weighted by Crippen LogP contribution is -2.50. The number of benzene rings is 3. The van der Waals surface area contributed by atoms with Gasteiger partial charge in [-0.05, 0) is 54.7 Å². The number of nitrogens with one attached hydrogen (secondary N) is 3. The molecule has 3 aromatic rings. The lowest BCUT2D eigenvalue weighted by molar-refractivity contribution is -0.135. The lowest BCUT2D eigenvalue weighted by atomic mass is 10.0. The molecule has 0 aromatic heterocycles. The largest absolute Gasteiger partial charge is 0.493 e. The number of rotatable bonds is 5. The number of likely N-dealkylation sites (N-methyl/N-ethyl adjacent to an activating group) is 1. The van der Waals surface area contributed by atoms with Gasteiger partial charge in [-0.1, -0.05) is 79.0 Å². The van der Waals surface area contributed by atoms with Crippen molar-refractivity contribution in [2.45, 2.75) is 63.6 Å². The summed E-state index contributed by atoms with van der Waals surface area (Å²) < 4.78 is 5.96. The number of ether oxygens (including phenoxy) is 1. The molecule has 0 fully saturated rings. The molecular weight excluding hydrogens is 592 g/mol. The van der Waals surface area contributed by atoms with Crippen molar-refractivity contribution in [1.29, 1.82) is 0 Å². The van der Waals surface area contributed by atoms with Crippen molar-refractivity contribution in [2.24, 2.45) is 0 Å². The van der Waals surface area contributed by atoms with Gasteiger partial charge in [-0.25, -0.2) is 0 Å². The van der Waals surface area contributed by atoms with Crippen molar-refractivity contribution in [2.75, 3.05) is 20.2 Å². The maximum Gasteiger partial charge on any atom is 0.255 e. The molecule has 2 atom stereocenters. The van der Waals surface area contributed by atoms with Gasteiger partial charge in [0.15, 0.2) is 0 Å². The van der Waals surface area contributed by atoms with Crippen molar-refractivity contribution >= 4 is 35.2 Å². The fourth-order valence-corrected chi connectivity index (χ4v) is 5.41. The zero-order chi connectivity index (χ0) is 32.0. The zero-order valence-electron chi connectivity index (χ0n) is 25.6. The molecule has 1 aliphatic rings. The van der Waals surface area contributed by atoms with Gasteiger partial charge in [-0.3, -0.25) is 19.2 Å². The Morgan fingerprint density at radius 3 is 2.44 bits per heavy atom. The number of carbonyl (C=O) groups is 4. The van der Waals surface area contributed by atoms with E-state index in [1.807, 2.05) is 36.4 Å². The van der Waals surface area contributed by atoms with Gasteiger partial charge >= 0.3 is 0 Å². The Morgan fingerprint density at radius 1 is 0.911 bits per heavy atom. The van der Waals surface area contributed by atoms with E-state index in [0.29, 0.717) is 35.9 Å². The average Bonchev–Trinajstić information content (AvgIpc) is 3.04. The predicted molar refractivity (Wildman–Crippen MR) is 174 cm³/mol. The normalized spacial score (nSPS) is 19.1. The highest BCUT2D eigenvalue weighted by atomic mass is 35.5. The summed E-state index contributed by atoms with van der Waals surface area (Å²) >= 11 is 6.10. The van der Waals surface area contributed by atoms with Crippen molar-refractivity contribution in [3.8, 4) is 5.75 Å². The lowest BCUT2D eigenvalue weighted by Gasteiger charge is -2.25. The summed E-state index contributed by atoms with van der Waals surface area (Å²) in [5.74, 6) is -1.06. The van der Waals surface area contributed by atoms with Gasteiger partial charge in [0.2, 0.25) is 17.7 Å². The molecule has 3 N–H and O–H groups in total. The summed E-state index contributed by atoms with van der Waals surface area (Å²) in [5.41, 5.74) is 2.02. The van der Waals surface area contributed by atoms with Crippen LogP contribution in [0.25, 0.3) is 0 Å². The summed E-state index contributed by atoms with van der Waals surface area (Å²) in [6, 6.07) is 21.8. The number of carbonyl (C=O) groups excluding carboxylic acids is 4. The predicted octanol–water partition coefficient (Wildman–Crippen LogP) is 4.67. The Hall–Kier alpha value is -4.37. The smallest absolute Gasteiger partial charge is 0.255 e. The molecule has 3 aromatic carbocycles. The highest BCUT2D eigenvalue weighted by Crippen LogP contribution is 2.19. The second-order valence-corrected chi connectivity index (χ2v) is 11.7. The molecule has 0 radical (unpaired) electrons. The Balaban J connectivity index is 1.54. The quantitative estimate of drug-likeness (QED) is 0.378. The van der Waals surface area contributed by atoms with Crippen molar-refractivity contribution < 1.29 is 23.9 Å². The van der Waals surface area contributed by atoms with Gasteiger partial charge in [0, 0.05) is 38.0 Å². The van der Waals surface area contributed by atoms with Crippen LogP contribution in [0.15, 0.2) is 78.9 Å². The summed E-state index contributed by atoms with van der Waals surface area (Å²) in [5, 5.41) is 9.10. The Morgan fingerprint density at radius 2 is 1.64 bits per heavy atom. The van der Waals surface area contributed by atoms with E-state index >= 15 is 0 Å². The number of nitrogens with zero attached hydrogens (tertiary/aromatic N) is 1. The summed E-state index contributed by atoms with van der Waals surface area (Å²) in [4.78, 5) is 55.3. The van der Waals surface area contributed by atoms with Crippen molar-refractivity contribution in [3.05, 3.63) is 101 Å². The highest BCUT2D eigenvalue weighted by molar-refractivity contribution is 6.30. The van der Waals surface area contributed by atoms with Crippen LogP contribution in [0.5, 0.6) is 5.75 Å². The minimum absolute atomic E-state index is 0.0179. The number of para-hydroxylation sites is 1. The monoisotopic (exact) mass is 632 g/mol. The number of hydrogen-bond acceptors (Lipinski definition) is 5. The van der Waals surface area contributed by atoms with Crippen LogP contribution in [-0.4, -0.2) is 60.8 Å². The molecule has 0 aliphatic carbocycles. The van der Waals surface area contributed by atoms with Crippen LogP contribution >= 0.6 is 11.6 Å². The van der Waals surface area contributed by atoms with Crippen LogP contribution in [0.2, 0.25) is 5.02 Å². The number of amides is 4. The molecule has 0 unspecified atom stereocenters. The third kappa shape index (κ3) is 10.6. The van der Waals surface area contributed by atoms with E-state index in [-0.39, 0.29) is 31.2 Å². The number of fused-ring (bicyclic) bond motifs is 1. The van der Waals surface area contributed by atoms with Gasteiger partial charge in [0.05, 0.1) is 12.2 Å². The van der Waals surface area contributed by atoms with Gasteiger partial charge in [-0.15, -0.1) is 0 Å². The second-order valence-electron chi connectivity index (χ2n) is 11.2. The molecule has 1 heterocycles. The van der Waals surface area contributed by atoms with Crippen molar-refractivity contribution in [1.82, 2.24) is 20.9 Å². The third-order valence-electron chi connectivity index (χ3n) is 7.71. The van der Waals surface area contributed by atoms with Crippen LogP contribution in [0.3, 0.4) is 0 Å². The Labute approximate surface area is 269 Å². The first-order chi connectivity index (χ1) is 21.8. The van der Waals surface area contributed by atoms with Gasteiger partial charge in [0.1, 0.15) is 17.8 Å². The minimum Gasteiger partial charge on any atom is -0.493 e. The molecule has 0 saturated heterocycles. The number of hydrogen-bond donors (Lipinski definition) is 3.